The summed E-state index contributed by atoms with van der Waals surface area (Å²) in [6.07, 6.45) is 0. The molecular weight excluding hydrogens is 581 g/mol. The van der Waals surface area contributed by atoms with Gasteiger partial charge in [-0.1, -0.05) is 146 Å². The van der Waals surface area contributed by atoms with Crippen LogP contribution in [-0.4, -0.2) is 8.97 Å². The van der Waals surface area contributed by atoms with E-state index >= 15 is 0 Å². The van der Waals surface area contributed by atoms with Gasteiger partial charge in [-0.2, -0.15) is 0 Å². The Labute approximate surface area is 276 Å². The lowest BCUT2D eigenvalue weighted by Crippen LogP contribution is -1.95. The minimum absolute atomic E-state index is 1.16. The third-order valence-corrected chi connectivity index (χ3v) is 10.4. The fraction of sp³-hybridized carbons (Fsp3) is 0. The summed E-state index contributed by atoms with van der Waals surface area (Å²) < 4.78 is 5.02. The van der Waals surface area contributed by atoms with Crippen LogP contribution >= 0.6 is 0 Å². The average Bonchev–Trinajstić information content (AvgIpc) is 3.81. The zero-order valence-electron chi connectivity index (χ0n) is 26.1. The van der Waals surface area contributed by atoms with Crippen LogP contribution in [0.15, 0.2) is 170 Å². The lowest BCUT2D eigenvalue weighted by Gasteiger charge is -2.12. The number of aromatic nitrogens is 2. The Kier molecular flexibility index (Phi) is 5.14. The maximum absolute atomic E-state index is 2.53. The number of benzene rings is 8. The second-order valence-electron chi connectivity index (χ2n) is 12.9. The Morgan fingerprint density at radius 1 is 0.292 bits per heavy atom. The van der Waals surface area contributed by atoms with E-state index in [0.29, 0.717) is 0 Å². The predicted molar refractivity (Wildman–Crippen MR) is 204 cm³/mol. The number of hydrogen-bond acceptors (Lipinski definition) is 0. The number of fused-ring (bicyclic) bond motifs is 12. The van der Waals surface area contributed by atoms with Crippen LogP contribution < -0.4 is 0 Å². The molecule has 0 bridgehead atoms. The van der Waals surface area contributed by atoms with Crippen LogP contribution in [0.3, 0.4) is 0 Å². The van der Waals surface area contributed by atoms with E-state index in [1.807, 2.05) is 0 Å². The summed E-state index contributed by atoms with van der Waals surface area (Å²) in [4.78, 5) is 0. The highest BCUT2D eigenvalue weighted by Gasteiger charge is 2.22. The molecule has 0 saturated heterocycles. The molecule has 2 heteroatoms. The van der Waals surface area contributed by atoms with Gasteiger partial charge in [0.05, 0.1) is 27.6 Å². The Hall–Kier alpha value is -6.38. The van der Waals surface area contributed by atoms with E-state index in [0.717, 1.165) is 5.69 Å². The topological polar surface area (TPSA) is 9.34 Å². The molecule has 0 aliphatic carbocycles. The van der Waals surface area contributed by atoms with E-state index < -0.39 is 0 Å². The summed E-state index contributed by atoms with van der Waals surface area (Å²) in [6, 6.07) is 62.3. The van der Waals surface area contributed by atoms with E-state index in [1.165, 1.54) is 92.9 Å². The van der Waals surface area contributed by atoms with E-state index in [-0.39, 0.29) is 0 Å². The second kappa shape index (κ2) is 9.57. The van der Waals surface area contributed by atoms with E-state index in [9.17, 15) is 0 Å². The Bertz CT molecular complexity index is 3010. The molecule has 3 heterocycles. The molecule has 0 atom stereocenters. The normalized spacial score (nSPS) is 12.2. The van der Waals surface area contributed by atoms with Gasteiger partial charge in [0.1, 0.15) is 0 Å². The average molecular weight is 609 g/mol. The van der Waals surface area contributed by atoms with Gasteiger partial charge >= 0.3 is 0 Å². The number of rotatable bonds is 3. The van der Waals surface area contributed by atoms with E-state index in [4.69, 9.17) is 0 Å². The third kappa shape index (κ3) is 3.41. The Balaban J connectivity index is 1.19. The van der Waals surface area contributed by atoms with Crippen molar-refractivity contribution in [1.29, 1.82) is 0 Å². The van der Waals surface area contributed by atoms with Crippen molar-refractivity contribution in [3.05, 3.63) is 170 Å². The summed E-state index contributed by atoms with van der Waals surface area (Å²) in [7, 11) is 0. The van der Waals surface area contributed by atoms with Gasteiger partial charge in [0, 0.05) is 43.4 Å². The van der Waals surface area contributed by atoms with Gasteiger partial charge < -0.3 is 8.97 Å². The highest BCUT2D eigenvalue weighted by molar-refractivity contribution is 6.32. The molecule has 0 unspecified atom stereocenters. The zero-order chi connectivity index (χ0) is 31.3. The number of hydrogen-bond donors (Lipinski definition) is 0. The van der Waals surface area contributed by atoms with Crippen molar-refractivity contribution in [2.75, 3.05) is 0 Å². The van der Waals surface area contributed by atoms with Crippen molar-refractivity contribution >= 4 is 70.7 Å². The molecule has 8 aromatic carbocycles. The second-order valence-corrected chi connectivity index (χ2v) is 12.9. The largest absolute Gasteiger partial charge is 0.309 e. The first-order valence-electron chi connectivity index (χ1n) is 16.6. The summed E-state index contributed by atoms with van der Waals surface area (Å²) in [5.74, 6) is 0. The molecule has 0 fully saturated rings. The molecule has 0 radical (unpaired) electrons. The van der Waals surface area contributed by atoms with Crippen molar-refractivity contribution in [3.63, 3.8) is 0 Å². The molecule has 0 amide bonds. The van der Waals surface area contributed by atoms with E-state index in [2.05, 4.69) is 179 Å². The van der Waals surface area contributed by atoms with Gasteiger partial charge in [-0.15, -0.1) is 0 Å². The molecular formula is C46H28N2. The van der Waals surface area contributed by atoms with Crippen molar-refractivity contribution in [3.8, 4) is 27.9 Å². The van der Waals surface area contributed by atoms with Gasteiger partial charge in [0.15, 0.2) is 0 Å². The standard InChI is InChI=1S/C46H28N2/c1-2-9-29(10-3-1)30-17-19-31(20-18-30)32-21-25-34(26-22-32)47-41-15-6-4-12-36(41)39-27-23-33-24-28-40-38-14-8-13-37-35-11-5-7-16-42(35)48(44(37)38)46(40)43(33)45(39)47/h1-28H. The quantitative estimate of drug-likeness (QED) is 0.189. The van der Waals surface area contributed by atoms with Gasteiger partial charge in [0.2, 0.25) is 0 Å². The Morgan fingerprint density at radius 3 is 1.46 bits per heavy atom. The Morgan fingerprint density at radius 2 is 0.771 bits per heavy atom. The van der Waals surface area contributed by atoms with Gasteiger partial charge in [0.25, 0.3) is 0 Å². The molecule has 0 aliphatic heterocycles. The summed E-state index contributed by atoms with van der Waals surface area (Å²) in [6.45, 7) is 0. The highest BCUT2D eigenvalue weighted by atomic mass is 15.0. The molecule has 222 valence electrons. The lowest BCUT2D eigenvalue weighted by molar-refractivity contribution is 1.19. The summed E-state index contributed by atoms with van der Waals surface area (Å²) >= 11 is 0. The molecule has 48 heavy (non-hydrogen) atoms. The van der Waals surface area contributed by atoms with Crippen LogP contribution in [0.1, 0.15) is 0 Å². The molecule has 11 aromatic rings. The van der Waals surface area contributed by atoms with Crippen LogP contribution in [0.2, 0.25) is 0 Å². The first-order valence-corrected chi connectivity index (χ1v) is 16.6. The van der Waals surface area contributed by atoms with Gasteiger partial charge in [-0.25, -0.2) is 0 Å². The van der Waals surface area contributed by atoms with Crippen LogP contribution in [0, 0.1) is 0 Å². The van der Waals surface area contributed by atoms with Crippen molar-refractivity contribution in [1.82, 2.24) is 8.97 Å². The molecule has 0 N–H and O–H groups in total. The van der Waals surface area contributed by atoms with Gasteiger partial charge in [-0.05, 0) is 51.9 Å². The molecule has 0 saturated carbocycles. The zero-order valence-corrected chi connectivity index (χ0v) is 26.1. The first kappa shape index (κ1) is 25.8. The summed E-state index contributed by atoms with van der Waals surface area (Å²) in [5.41, 5.74) is 12.4. The SMILES string of the molecule is c1ccc(-c2ccc(-c3ccc(-n4c5ccccc5c5ccc6ccc7c8cccc9c%10ccccc%10n(c98)c7c6c54)cc3)cc2)cc1. The van der Waals surface area contributed by atoms with Crippen molar-refractivity contribution in [2.24, 2.45) is 0 Å². The maximum Gasteiger partial charge on any atom is 0.0641 e. The smallest absolute Gasteiger partial charge is 0.0641 e. The van der Waals surface area contributed by atoms with Gasteiger partial charge in [-0.3, -0.25) is 0 Å². The summed E-state index contributed by atoms with van der Waals surface area (Å²) in [5, 5.41) is 10.3. The fourth-order valence-corrected chi connectivity index (χ4v) is 8.32. The first-order chi connectivity index (χ1) is 23.8. The molecule has 11 rings (SSSR count). The van der Waals surface area contributed by atoms with E-state index in [1.54, 1.807) is 0 Å². The third-order valence-electron chi connectivity index (χ3n) is 10.4. The fourth-order valence-electron chi connectivity index (χ4n) is 8.32. The highest BCUT2D eigenvalue weighted by Crippen LogP contribution is 2.45. The van der Waals surface area contributed by atoms with Crippen LogP contribution in [0.4, 0.5) is 0 Å². The minimum atomic E-state index is 1.16. The van der Waals surface area contributed by atoms with Crippen molar-refractivity contribution < 1.29 is 0 Å². The number of para-hydroxylation sites is 3. The monoisotopic (exact) mass is 608 g/mol. The maximum atomic E-state index is 2.53. The van der Waals surface area contributed by atoms with Crippen LogP contribution in [-0.2, 0) is 0 Å². The van der Waals surface area contributed by atoms with Crippen LogP contribution in [0.25, 0.3) is 98.6 Å². The number of nitrogens with zero attached hydrogens (tertiary/aromatic N) is 2. The molecule has 0 spiro atoms. The van der Waals surface area contributed by atoms with Crippen LogP contribution in [0.5, 0.6) is 0 Å². The lowest BCUT2D eigenvalue weighted by atomic mass is 10.00. The predicted octanol–water partition coefficient (Wildman–Crippen LogP) is 12.4. The molecule has 3 aromatic heterocycles. The minimum Gasteiger partial charge on any atom is -0.309 e. The molecule has 0 aliphatic rings. The van der Waals surface area contributed by atoms with Crippen molar-refractivity contribution in [2.45, 2.75) is 0 Å². The molecule has 2 nitrogen and oxygen atoms in total.